The zero-order chi connectivity index (χ0) is 14.0. The molecule has 0 atom stereocenters. The van der Waals surface area contributed by atoms with Crippen molar-refractivity contribution < 1.29 is 0 Å². The molecule has 0 fully saturated rings. The van der Waals surface area contributed by atoms with Crippen LogP contribution in [0, 0.1) is 11.8 Å². The van der Waals surface area contributed by atoms with Crippen LogP contribution in [-0.4, -0.2) is 9.52 Å². The van der Waals surface area contributed by atoms with Crippen molar-refractivity contribution in [3.05, 3.63) is 41.6 Å². The highest BCUT2D eigenvalue weighted by atomic mass is 28.2. The van der Waals surface area contributed by atoms with Crippen LogP contribution >= 0.6 is 0 Å². The van der Waals surface area contributed by atoms with Crippen molar-refractivity contribution in [3.8, 4) is 0 Å². The summed E-state index contributed by atoms with van der Waals surface area (Å²) in [5, 5.41) is 0.517. The average Bonchev–Trinajstić information content (AvgIpc) is 2.39. The SMILES string of the molecule is CCCCCCCC(C)(C)[SiH2][C]=Cc1cc[c]cc1. The van der Waals surface area contributed by atoms with Gasteiger partial charge in [-0.15, -0.1) is 0 Å². The monoisotopic (exact) mass is 272 g/mol. The third-order valence-electron chi connectivity index (χ3n) is 3.55. The third-order valence-corrected chi connectivity index (χ3v) is 5.27. The molecule has 0 bridgehead atoms. The molecule has 19 heavy (non-hydrogen) atoms. The van der Waals surface area contributed by atoms with Crippen LogP contribution < -0.4 is 0 Å². The minimum absolute atomic E-state index is 0.260. The van der Waals surface area contributed by atoms with Crippen LogP contribution in [0.5, 0.6) is 0 Å². The summed E-state index contributed by atoms with van der Waals surface area (Å²) in [4.78, 5) is 0. The second-order valence-corrected chi connectivity index (χ2v) is 8.86. The summed E-state index contributed by atoms with van der Waals surface area (Å²) in [5.41, 5.74) is 4.85. The Balaban J connectivity index is 2.24. The van der Waals surface area contributed by atoms with Crippen molar-refractivity contribution in [2.24, 2.45) is 0 Å². The quantitative estimate of drug-likeness (QED) is 0.439. The minimum atomic E-state index is -0.260. The smallest absolute Gasteiger partial charge is 0.0602 e. The predicted molar refractivity (Wildman–Crippen MR) is 88.9 cm³/mol. The summed E-state index contributed by atoms with van der Waals surface area (Å²) in [5.74, 6) is 0. The van der Waals surface area contributed by atoms with Crippen molar-refractivity contribution in [3.63, 3.8) is 0 Å². The van der Waals surface area contributed by atoms with Crippen LogP contribution in [0.1, 0.15) is 64.9 Å². The van der Waals surface area contributed by atoms with E-state index in [1.54, 1.807) is 0 Å². The summed E-state index contributed by atoms with van der Waals surface area (Å²) in [7, 11) is -0.260. The number of hydrogen-bond donors (Lipinski definition) is 0. The van der Waals surface area contributed by atoms with Crippen molar-refractivity contribution in [2.45, 2.75) is 64.3 Å². The zero-order valence-electron chi connectivity index (χ0n) is 12.8. The molecule has 0 aromatic heterocycles. The summed E-state index contributed by atoms with van der Waals surface area (Å²) >= 11 is 0. The Morgan fingerprint density at radius 2 is 1.84 bits per heavy atom. The molecule has 0 unspecified atom stereocenters. The molecule has 104 valence electrons. The molecule has 0 saturated heterocycles. The molecule has 0 spiro atoms. The molecule has 1 rings (SSSR count). The molecule has 1 aromatic carbocycles. The maximum absolute atomic E-state index is 3.59. The fourth-order valence-electron chi connectivity index (χ4n) is 2.24. The number of unbranched alkanes of at least 4 members (excludes halogenated alkanes) is 4. The van der Waals surface area contributed by atoms with Crippen LogP contribution in [0.15, 0.2) is 24.3 Å². The lowest BCUT2D eigenvalue weighted by Crippen LogP contribution is -2.11. The van der Waals surface area contributed by atoms with Gasteiger partial charge in [0.05, 0.1) is 9.52 Å². The van der Waals surface area contributed by atoms with E-state index in [0.29, 0.717) is 5.04 Å². The van der Waals surface area contributed by atoms with E-state index in [-0.39, 0.29) is 9.52 Å². The Labute approximate surface area is 122 Å². The minimum Gasteiger partial charge on any atom is -0.0671 e. The Bertz CT molecular complexity index is 351. The van der Waals surface area contributed by atoms with Crippen molar-refractivity contribution in [1.82, 2.24) is 0 Å². The average molecular weight is 273 g/mol. The van der Waals surface area contributed by atoms with Gasteiger partial charge in [0, 0.05) is 0 Å². The normalized spacial score (nSPS) is 12.8. The van der Waals surface area contributed by atoms with Gasteiger partial charge < -0.3 is 0 Å². The highest BCUT2D eigenvalue weighted by molar-refractivity contribution is 6.44. The molecule has 0 nitrogen and oxygen atoms in total. The lowest BCUT2D eigenvalue weighted by atomic mass is 10.0. The van der Waals surface area contributed by atoms with Gasteiger partial charge in [-0.05, 0) is 16.7 Å². The number of hydrogen-bond acceptors (Lipinski definition) is 0. The van der Waals surface area contributed by atoms with Crippen molar-refractivity contribution in [2.75, 3.05) is 0 Å². The van der Waals surface area contributed by atoms with Crippen LogP contribution in [0.25, 0.3) is 6.08 Å². The topological polar surface area (TPSA) is 0 Å². The van der Waals surface area contributed by atoms with Crippen LogP contribution in [0.4, 0.5) is 0 Å². The maximum Gasteiger partial charge on any atom is 0.0602 e. The van der Waals surface area contributed by atoms with E-state index in [1.807, 2.05) is 12.1 Å². The molecule has 0 N–H and O–H groups in total. The molecule has 0 aliphatic rings. The molecular weight excluding hydrogens is 244 g/mol. The highest BCUT2D eigenvalue weighted by Gasteiger charge is 2.15. The van der Waals surface area contributed by atoms with Crippen molar-refractivity contribution >= 4 is 15.6 Å². The standard InChI is InChI=1S/C18H28Si/c1-4-5-6-7-11-15-18(2,3)19-16-14-17-12-9-8-10-13-17/h9-10,12-14H,4-7,11,15,19H2,1-3H3. The number of rotatable bonds is 9. The van der Waals surface area contributed by atoms with Crippen molar-refractivity contribution in [1.29, 1.82) is 0 Å². The first-order chi connectivity index (χ1) is 9.14. The first-order valence-electron chi connectivity index (χ1n) is 7.67. The van der Waals surface area contributed by atoms with E-state index < -0.39 is 0 Å². The van der Waals surface area contributed by atoms with Gasteiger partial charge in [0.25, 0.3) is 0 Å². The van der Waals surface area contributed by atoms with E-state index in [4.69, 9.17) is 0 Å². The molecule has 0 heterocycles. The molecule has 0 saturated carbocycles. The Hall–Kier alpha value is -0.823. The van der Waals surface area contributed by atoms with Gasteiger partial charge in [-0.2, -0.15) is 0 Å². The fourth-order valence-corrected chi connectivity index (χ4v) is 3.55. The molecular formula is C18H28Si. The largest absolute Gasteiger partial charge is 0.0671 e. The zero-order valence-corrected chi connectivity index (χ0v) is 14.3. The lowest BCUT2D eigenvalue weighted by molar-refractivity contribution is 0.531. The third kappa shape index (κ3) is 8.04. The van der Waals surface area contributed by atoms with Crippen LogP contribution in [0.2, 0.25) is 5.04 Å². The van der Waals surface area contributed by atoms with E-state index in [1.165, 1.54) is 44.1 Å². The lowest BCUT2D eigenvalue weighted by Gasteiger charge is -2.22. The summed E-state index contributed by atoms with van der Waals surface area (Å²) in [6.07, 6.45) is 10.5. The summed E-state index contributed by atoms with van der Waals surface area (Å²) < 4.78 is 0. The van der Waals surface area contributed by atoms with Gasteiger partial charge in [-0.1, -0.05) is 95.3 Å². The second-order valence-electron chi connectivity index (χ2n) is 6.19. The van der Waals surface area contributed by atoms with Gasteiger partial charge >= 0.3 is 0 Å². The molecule has 0 amide bonds. The van der Waals surface area contributed by atoms with Crippen LogP contribution in [0.3, 0.4) is 0 Å². The number of benzene rings is 1. The first kappa shape index (κ1) is 16.2. The summed E-state index contributed by atoms with van der Waals surface area (Å²) in [6.45, 7) is 7.11. The predicted octanol–water partition coefficient (Wildman–Crippen LogP) is 4.99. The Kier molecular flexibility index (Phi) is 7.81. The first-order valence-corrected chi connectivity index (χ1v) is 9.08. The molecule has 1 aromatic rings. The highest BCUT2D eigenvalue weighted by Crippen LogP contribution is 2.30. The van der Waals surface area contributed by atoms with Gasteiger partial charge in [0.15, 0.2) is 0 Å². The van der Waals surface area contributed by atoms with Gasteiger partial charge in [-0.25, -0.2) is 0 Å². The van der Waals surface area contributed by atoms with Gasteiger partial charge in [-0.3, -0.25) is 0 Å². The van der Waals surface area contributed by atoms with E-state index in [9.17, 15) is 0 Å². The fraction of sp³-hybridized carbons (Fsp3) is 0.556. The maximum atomic E-state index is 3.59. The van der Waals surface area contributed by atoms with Crippen LogP contribution in [-0.2, 0) is 0 Å². The van der Waals surface area contributed by atoms with E-state index in [2.05, 4.69) is 50.7 Å². The molecule has 0 aliphatic heterocycles. The Morgan fingerprint density at radius 3 is 2.53 bits per heavy atom. The summed E-state index contributed by atoms with van der Waals surface area (Å²) in [6, 6.07) is 11.2. The van der Waals surface area contributed by atoms with E-state index in [0.717, 1.165) is 0 Å². The van der Waals surface area contributed by atoms with Gasteiger partial charge in [0.2, 0.25) is 0 Å². The Morgan fingerprint density at radius 1 is 1.16 bits per heavy atom. The van der Waals surface area contributed by atoms with Gasteiger partial charge in [0.1, 0.15) is 0 Å². The molecule has 2 radical (unpaired) electrons. The van der Waals surface area contributed by atoms with E-state index >= 15 is 0 Å². The second kappa shape index (κ2) is 9.14. The molecule has 1 heteroatoms. The molecule has 0 aliphatic carbocycles.